The molecule has 4 rings (SSSR count). The fourth-order valence-corrected chi connectivity index (χ4v) is 4.90. The Bertz CT molecular complexity index is 958. The Hall–Kier alpha value is -1.68. The van der Waals surface area contributed by atoms with E-state index in [4.69, 9.17) is 16.3 Å². The summed E-state index contributed by atoms with van der Waals surface area (Å²) in [6.07, 6.45) is 1.69. The number of hydrogen-bond acceptors (Lipinski definition) is 7. The maximum atomic E-state index is 13.5. The highest BCUT2D eigenvalue weighted by Crippen LogP contribution is 2.42. The lowest BCUT2D eigenvalue weighted by molar-refractivity contribution is -0.133. The van der Waals surface area contributed by atoms with E-state index in [2.05, 4.69) is 27.1 Å². The van der Waals surface area contributed by atoms with Crippen molar-refractivity contribution in [3.8, 4) is 0 Å². The van der Waals surface area contributed by atoms with Gasteiger partial charge in [0.15, 0.2) is 0 Å². The first-order valence-electron chi connectivity index (χ1n) is 11.5. The first kappa shape index (κ1) is 29.5. The van der Waals surface area contributed by atoms with Gasteiger partial charge in [-0.3, -0.25) is 4.79 Å². The molecule has 11 heteroatoms. The van der Waals surface area contributed by atoms with Crippen LogP contribution in [0.15, 0.2) is 30.6 Å². The van der Waals surface area contributed by atoms with Crippen LogP contribution in [0.3, 0.4) is 0 Å². The number of ether oxygens (including phenoxy) is 1. The highest BCUT2D eigenvalue weighted by Gasteiger charge is 2.35. The number of nitrogens with zero attached hydrogens (tertiary/aromatic N) is 4. The number of nitrogens with one attached hydrogen (secondary N) is 1. The van der Waals surface area contributed by atoms with Crippen molar-refractivity contribution >= 4 is 48.1 Å². The predicted octanol–water partition coefficient (Wildman–Crippen LogP) is 3.18. The second kappa shape index (κ2) is 13.6. The first-order chi connectivity index (χ1) is 16.0. The topological polar surface area (TPSA) is 90.8 Å². The van der Waals surface area contributed by atoms with Crippen LogP contribution >= 0.6 is 36.4 Å². The van der Waals surface area contributed by atoms with Gasteiger partial charge in [0.05, 0.1) is 24.3 Å². The van der Waals surface area contributed by atoms with Crippen molar-refractivity contribution in [2.24, 2.45) is 0 Å². The SMILES string of the molecule is COCCNC[C@@H](C(=O)N1CCN(c2ncnc3c2[C@H](C)C[C@H]3O)CC1)c1ccc(Cl)cc1.Cl.Cl. The molecule has 0 unspecified atom stereocenters. The van der Waals surface area contributed by atoms with E-state index in [-0.39, 0.29) is 42.6 Å². The minimum atomic E-state index is -0.523. The molecule has 3 atom stereocenters. The molecular formula is C24H34Cl3N5O3. The second-order valence-corrected chi connectivity index (χ2v) is 9.20. The predicted molar refractivity (Wildman–Crippen MR) is 142 cm³/mol. The maximum Gasteiger partial charge on any atom is 0.231 e. The summed E-state index contributed by atoms with van der Waals surface area (Å²) in [5, 5.41) is 14.3. The number of aliphatic hydroxyl groups is 1. The van der Waals surface area contributed by atoms with Crippen molar-refractivity contribution in [2.45, 2.75) is 31.3 Å². The molecule has 2 N–H and O–H groups in total. The molecule has 2 aliphatic rings. The van der Waals surface area contributed by atoms with Crippen molar-refractivity contribution < 1.29 is 14.6 Å². The molecule has 2 heterocycles. The fourth-order valence-electron chi connectivity index (χ4n) is 4.78. The summed E-state index contributed by atoms with van der Waals surface area (Å²) in [5.74, 6) is 0.938. The molecular weight excluding hydrogens is 513 g/mol. The van der Waals surface area contributed by atoms with Crippen LogP contribution in [0, 0.1) is 0 Å². The molecule has 1 aromatic carbocycles. The highest BCUT2D eigenvalue weighted by molar-refractivity contribution is 6.30. The minimum absolute atomic E-state index is 0. The van der Waals surface area contributed by atoms with Crippen LogP contribution in [0.2, 0.25) is 5.02 Å². The number of benzene rings is 1. The molecule has 0 radical (unpaired) electrons. The van der Waals surface area contributed by atoms with Crippen molar-refractivity contribution in [1.29, 1.82) is 0 Å². The van der Waals surface area contributed by atoms with Crippen LogP contribution in [0.25, 0.3) is 0 Å². The van der Waals surface area contributed by atoms with Gasteiger partial charge in [0, 0.05) is 57.0 Å². The summed E-state index contributed by atoms with van der Waals surface area (Å²) in [4.78, 5) is 26.5. The van der Waals surface area contributed by atoms with Crippen LogP contribution < -0.4 is 10.2 Å². The van der Waals surface area contributed by atoms with Crippen molar-refractivity contribution in [3.05, 3.63) is 52.4 Å². The standard InChI is InChI=1S/C24H32ClN5O3.2ClH/c1-16-13-20(31)22-21(16)23(28-15-27-22)29-8-10-30(11-9-29)24(32)19(14-26-7-12-33-2)17-3-5-18(25)6-4-17;;/h3-6,15-16,19-20,26,31H,7-14H2,1-2H3;2*1H/t16-,19-,20-;;/m1../s1. The van der Waals surface area contributed by atoms with Crippen LogP contribution in [-0.4, -0.2) is 78.9 Å². The summed E-state index contributed by atoms with van der Waals surface area (Å²) in [5.41, 5.74) is 2.75. The quantitative estimate of drug-likeness (QED) is 0.492. The van der Waals surface area contributed by atoms with Gasteiger partial charge in [-0.1, -0.05) is 30.7 Å². The second-order valence-electron chi connectivity index (χ2n) is 8.76. The minimum Gasteiger partial charge on any atom is -0.387 e. The van der Waals surface area contributed by atoms with E-state index in [9.17, 15) is 9.90 Å². The Morgan fingerprint density at radius 3 is 2.54 bits per heavy atom. The van der Waals surface area contributed by atoms with Crippen LogP contribution in [-0.2, 0) is 9.53 Å². The third-order valence-electron chi connectivity index (χ3n) is 6.57. The Labute approximate surface area is 224 Å². The third kappa shape index (κ3) is 6.76. The molecule has 8 nitrogen and oxygen atoms in total. The Kier molecular flexibility index (Phi) is 11.5. The maximum absolute atomic E-state index is 13.5. The Morgan fingerprint density at radius 2 is 1.89 bits per heavy atom. The fraction of sp³-hybridized carbons (Fsp3) is 0.542. The zero-order valence-corrected chi connectivity index (χ0v) is 22.4. The molecule has 1 fully saturated rings. The molecule has 0 saturated carbocycles. The largest absolute Gasteiger partial charge is 0.387 e. The van der Waals surface area contributed by atoms with Crippen molar-refractivity contribution in [1.82, 2.24) is 20.2 Å². The van der Waals surface area contributed by atoms with E-state index >= 15 is 0 Å². The molecule has 194 valence electrons. The molecule has 0 spiro atoms. The average Bonchev–Trinajstić information content (AvgIpc) is 3.13. The summed E-state index contributed by atoms with van der Waals surface area (Å²) < 4.78 is 5.11. The summed E-state index contributed by atoms with van der Waals surface area (Å²) >= 11 is 6.06. The highest BCUT2D eigenvalue weighted by atomic mass is 35.5. The zero-order chi connectivity index (χ0) is 23.4. The van der Waals surface area contributed by atoms with E-state index < -0.39 is 6.10 Å². The van der Waals surface area contributed by atoms with Gasteiger partial charge in [0.1, 0.15) is 12.1 Å². The first-order valence-corrected chi connectivity index (χ1v) is 11.9. The van der Waals surface area contributed by atoms with Crippen LogP contribution in [0.1, 0.15) is 48.1 Å². The van der Waals surface area contributed by atoms with E-state index in [0.717, 1.165) is 22.6 Å². The zero-order valence-electron chi connectivity index (χ0n) is 20.0. The van der Waals surface area contributed by atoms with E-state index in [1.807, 2.05) is 29.2 Å². The number of carbonyl (C=O) groups excluding carboxylic acids is 1. The Balaban J connectivity index is 0.00000216. The summed E-state index contributed by atoms with van der Waals surface area (Å²) in [6.45, 7) is 6.56. The van der Waals surface area contributed by atoms with E-state index in [1.165, 1.54) is 6.33 Å². The number of aromatic nitrogens is 2. The lowest BCUT2D eigenvalue weighted by Crippen LogP contribution is -2.51. The average molecular weight is 547 g/mol. The number of amides is 1. The summed E-state index contributed by atoms with van der Waals surface area (Å²) in [7, 11) is 1.66. The lowest BCUT2D eigenvalue weighted by Gasteiger charge is -2.38. The monoisotopic (exact) mass is 545 g/mol. The molecule has 1 aliphatic heterocycles. The molecule has 1 aromatic heterocycles. The number of rotatable bonds is 8. The number of halogens is 3. The number of aliphatic hydroxyl groups excluding tert-OH is 1. The number of methoxy groups -OCH3 is 1. The number of anilines is 1. The summed E-state index contributed by atoms with van der Waals surface area (Å²) in [6, 6.07) is 7.51. The third-order valence-corrected chi connectivity index (χ3v) is 6.82. The van der Waals surface area contributed by atoms with Gasteiger partial charge in [-0.2, -0.15) is 0 Å². The van der Waals surface area contributed by atoms with Crippen LogP contribution in [0.5, 0.6) is 0 Å². The molecule has 1 saturated heterocycles. The number of hydrogen-bond donors (Lipinski definition) is 2. The van der Waals surface area contributed by atoms with Crippen LogP contribution in [0.4, 0.5) is 5.82 Å². The number of piperazine rings is 1. The van der Waals surface area contributed by atoms with Crippen molar-refractivity contribution in [3.63, 3.8) is 0 Å². The van der Waals surface area contributed by atoms with Gasteiger partial charge in [0.2, 0.25) is 5.91 Å². The van der Waals surface area contributed by atoms with E-state index in [0.29, 0.717) is 57.3 Å². The smallest absolute Gasteiger partial charge is 0.231 e. The van der Waals surface area contributed by atoms with Gasteiger partial charge < -0.3 is 25.0 Å². The van der Waals surface area contributed by atoms with E-state index in [1.54, 1.807) is 7.11 Å². The molecule has 1 amide bonds. The molecule has 2 aromatic rings. The van der Waals surface area contributed by atoms with Gasteiger partial charge in [-0.05, 0) is 30.0 Å². The molecule has 1 aliphatic carbocycles. The normalized spacial score (nSPS) is 20.0. The van der Waals surface area contributed by atoms with Gasteiger partial charge in [0.25, 0.3) is 0 Å². The lowest BCUT2D eigenvalue weighted by atomic mass is 9.97. The van der Waals surface area contributed by atoms with Gasteiger partial charge >= 0.3 is 0 Å². The Morgan fingerprint density at radius 1 is 1.20 bits per heavy atom. The molecule has 35 heavy (non-hydrogen) atoms. The van der Waals surface area contributed by atoms with Gasteiger partial charge in [-0.25, -0.2) is 9.97 Å². The van der Waals surface area contributed by atoms with Gasteiger partial charge in [-0.15, -0.1) is 24.8 Å². The number of carbonyl (C=O) groups is 1. The van der Waals surface area contributed by atoms with Crippen molar-refractivity contribution in [2.75, 3.05) is 57.9 Å². The molecule has 0 bridgehead atoms. The number of fused-ring (bicyclic) bond motifs is 1.